The summed E-state index contributed by atoms with van der Waals surface area (Å²) in [5, 5.41) is 5.14. The summed E-state index contributed by atoms with van der Waals surface area (Å²) in [5.41, 5.74) is 3.07. The molecule has 2 amide bonds. The number of benzene rings is 2. The molecule has 0 saturated carbocycles. The average Bonchev–Trinajstić information content (AvgIpc) is 2.95. The van der Waals surface area contributed by atoms with E-state index < -0.39 is 6.04 Å². The zero-order valence-electron chi connectivity index (χ0n) is 18.3. The highest BCUT2D eigenvalue weighted by Gasteiger charge is 2.38. The molecule has 31 heavy (non-hydrogen) atoms. The first kappa shape index (κ1) is 21.5. The van der Waals surface area contributed by atoms with Gasteiger partial charge in [-0.05, 0) is 24.0 Å². The molecule has 1 aromatic heterocycles. The Morgan fingerprint density at radius 2 is 1.84 bits per heavy atom. The van der Waals surface area contributed by atoms with E-state index in [4.69, 9.17) is 0 Å². The quantitative estimate of drug-likeness (QED) is 0.620. The molecule has 6 heteroatoms. The normalized spacial score (nSPS) is 16.5. The van der Waals surface area contributed by atoms with Crippen LogP contribution in [-0.2, 0) is 23.2 Å². The van der Waals surface area contributed by atoms with Crippen LogP contribution in [0.25, 0.3) is 10.9 Å². The number of aryl methyl sites for hydroxylation is 1. The molecule has 1 N–H and O–H groups in total. The molecular formula is C25H29N3O2S. The fraction of sp³-hybridized carbons (Fsp3) is 0.360. The van der Waals surface area contributed by atoms with Crippen molar-refractivity contribution in [3.63, 3.8) is 0 Å². The lowest BCUT2D eigenvalue weighted by Gasteiger charge is -2.30. The summed E-state index contributed by atoms with van der Waals surface area (Å²) in [6.07, 6.45) is 0.860. The van der Waals surface area contributed by atoms with Crippen LogP contribution in [0.1, 0.15) is 37.4 Å². The topological polar surface area (TPSA) is 54.3 Å². The number of amides is 2. The Balaban J connectivity index is 1.76. The van der Waals surface area contributed by atoms with Crippen molar-refractivity contribution >= 4 is 34.5 Å². The summed E-state index contributed by atoms with van der Waals surface area (Å²) >= 11 is 1.54. The third-order valence-electron chi connectivity index (χ3n) is 5.83. The van der Waals surface area contributed by atoms with E-state index in [1.165, 1.54) is 11.8 Å². The molecule has 2 aromatic carbocycles. The second-order valence-corrected chi connectivity index (χ2v) is 9.42. The molecule has 0 bridgehead atoms. The Morgan fingerprint density at radius 3 is 2.58 bits per heavy atom. The number of carbonyl (C=O) groups excluding carboxylic acids is 2. The van der Waals surface area contributed by atoms with Gasteiger partial charge in [0.05, 0.1) is 10.8 Å². The van der Waals surface area contributed by atoms with E-state index in [0.717, 1.165) is 33.5 Å². The SMILES string of the molecule is CC(C)CCN1C(=O)CSc2c(c3ccccc3n2C)[C@H]1C(=O)NCc1ccccc1. The monoisotopic (exact) mass is 435 g/mol. The number of nitrogens with one attached hydrogen (secondary N) is 1. The van der Waals surface area contributed by atoms with Crippen LogP contribution in [0.4, 0.5) is 0 Å². The number of aromatic nitrogens is 1. The Labute approximate surface area is 187 Å². The maximum absolute atomic E-state index is 13.6. The van der Waals surface area contributed by atoms with Gasteiger partial charge in [0, 0.05) is 36.6 Å². The van der Waals surface area contributed by atoms with E-state index in [1.807, 2.05) is 49.5 Å². The summed E-state index contributed by atoms with van der Waals surface area (Å²) < 4.78 is 2.12. The van der Waals surface area contributed by atoms with Gasteiger partial charge in [0.2, 0.25) is 11.8 Å². The van der Waals surface area contributed by atoms with Crippen molar-refractivity contribution in [1.29, 1.82) is 0 Å². The van der Waals surface area contributed by atoms with Crippen LogP contribution in [0.15, 0.2) is 59.6 Å². The van der Waals surface area contributed by atoms with Gasteiger partial charge >= 0.3 is 0 Å². The zero-order chi connectivity index (χ0) is 22.0. The number of carbonyl (C=O) groups is 2. The van der Waals surface area contributed by atoms with Crippen LogP contribution in [-0.4, -0.2) is 33.6 Å². The van der Waals surface area contributed by atoms with Crippen LogP contribution < -0.4 is 5.32 Å². The van der Waals surface area contributed by atoms with Crippen LogP contribution in [0.5, 0.6) is 0 Å². The molecule has 0 radical (unpaired) electrons. The molecule has 1 aliphatic rings. The number of thioether (sulfide) groups is 1. The molecule has 1 aliphatic heterocycles. The second kappa shape index (κ2) is 9.18. The molecule has 5 nitrogen and oxygen atoms in total. The lowest BCUT2D eigenvalue weighted by molar-refractivity contribution is -0.139. The Bertz CT molecular complexity index is 1090. The van der Waals surface area contributed by atoms with Crippen molar-refractivity contribution in [1.82, 2.24) is 14.8 Å². The van der Waals surface area contributed by atoms with Gasteiger partial charge < -0.3 is 14.8 Å². The minimum absolute atomic E-state index is 0.0193. The molecule has 0 aliphatic carbocycles. The standard InChI is InChI=1S/C25H29N3O2S/c1-17(2)13-14-28-21(29)16-31-25-22(19-11-7-8-12-20(19)27(25)3)23(28)24(30)26-15-18-9-5-4-6-10-18/h4-12,17,23H,13-16H2,1-3H3,(H,26,30)/t23-/m0/s1. The fourth-order valence-corrected chi connectivity index (χ4v) is 5.25. The van der Waals surface area contributed by atoms with Gasteiger partial charge in [-0.2, -0.15) is 0 Å². The van der Waals surface area contributed by atoms with Gasteiger partial charge in [0.1, 0.15) is 6.04 Å². The number of fused-ring (bicyclic) bond motifs is 3. The first-order valence-electron chi connectivity index (χ1n) is 10.8. The van der Waals surface area contributed by atoms with Crippen LogP contribution in [0.3, 0.4) is 0 Å². The molecule has 0 spiro atoms. The maximum Gasteiger partial charge on any atom is 0.247 e. The van der Waals surface area contributed by atoms with Crippen molar-refractivity contribution in [2.24, 2.45) is 13.0 Å². The largest absolute Gasteiger partial charge is 0.350 e. The molecule has 4 rings (SSSR count). The van der Waals surface area contributed by atoms with Crippen molar-refractivity contribution in [3.05, 3.63) is 65.7 Å². The predicted molar refractivity (Wildman–Crippen MR) is 126 cm³/mol. The highest BCUT2D eigenvalue weighted by Crippen LogP contribution is 2.41. The number of rotatable bonds is 6. The average molecular weight is 436 g/mol. The second-order valence-electron chi connectivity index (χ2n) is 8.46. The van der Waals surface area contributed by atoms with E-state index in [1.54, 1.807) is 4.90 Å². The summed E-state index contributed by atoms with van der Waals surface area (Å²) in [7, 11) is 2.02. The van der Waals surface area contributed by atoms with Crippen molar-refractivity contribution < 1.29 is 9.59 Å². The minimum Gasteiger partial charge on any atom is -0.350 e. The van der Waals surface area contributed by atoms with E-state index in [9.17, 15) is 9.59 Å². The summed E-state index contributed by atoms with van der Waals surface area (Å²) in [6.45, 7) is 5.30. The maximum atomic E-state index is 13.6. The zero-order valence-corrected chi connectivity index (χ0v) is 19.1. The number of hydrogen-bond acceptors (Lipinski definition) is 3. The molecule has 0 unspecified atom stereocenters. The Morgan fingerprint density at radius 1 is 1.13 bits per heavy atom. The van der Waals surface area contributed by atoms with Crippen molar-refractivity contribution in [3.8, 4) is 0 Å². The highest BCUT2D eigenvalue weighted by molar-refractivity contribution is 8.00. The Kier molecular flexibility index (Phi) is 6.37. The lowest BCUT2D eigenvalue weighted by Crippen LogP contribution is -2.44. The van der Waals surface area contributed by atoms with E-state index in [-0.39, 0.29) is 11.8 Å². The summed E-state index contributed by atoms with van der Waals surface area (Å²) in [5.74, 6) is 0.688. The third kappa shape index (κ3) is 4.35. The summed E-state index contributed by atoms with van der Waals surface area (Å²) in [4.78, 5) is 28.6. The molecule has 162 valence electrons. The van der Waals surface area contributed by atoms with Gasteiger partial charge in [-0.1, -0.05) is 74.1 Å². The van der Waals surface area contributed by atoms with Gasteiger partial charge in [0.15, 0.2) is 0 Å². The van der Waals surface area contributed by atoms with Crippen molar-refractivity contribution in [2.45, 2.75) is 37.9 Å². The molecule has 0 fully saturated rings. The van der Waals surface area contributed by atoms with Gasteiger partial charge in [-0.25, -0.2) is 0 Å². The first-order valence-corrected chi connectivity index (χ1v) is 11.8. The van der Waals surface area contributed by atoms with Crippen LogP contribution in [0.2, 0.25) is 0 Å². The predicted octanol–water partition coefficient (Wildman–Crippen LogP) is 4.52. The third-order valence-corrected chi connectivity index (χ3v) is 6.99. The minimum atomic E-state index is -0.633. The summed E-state index contributed by atoms with van der Waals surface area (Å²) in [6, 6.07) is 17.4. The molecule has 3 aromatic rings. The van der Waals surface area contributed by atoms with Gasteiger partial charge in [-0.3, -0.25) is 9.59 Å². The van der Waals surface area contributed by atoms with E-state index in [0.29, 0.717) is 24.8 Å². The van der Waals surface area contributed by atoms with Crippen LogP contribution >= 0.6 is 11.8 Å². The fourth-order valence-electron chi connectivity index (χ4n) is 4.16. The van der Waals surface area contributed by atoms with Gasteiger partial charge in [0.25, 0.3) is 0 Å². The molecular weight excluding hydrogens is 406 g/mol. The Hall–Kier alpha value is -2.73. The highest BCUT2D eigenvalue weighted by atomic mass is 32.2. The number of nitrogens with zero attached hydrogens (tertiary/aromatic N) is 2. The molecule has 0 saturated heterocycles. The molecule has 2 heterocycles. The smallest absolute Gasteiger partial charge is 0.247 e. The van der Waals surface area contributed by atoms with Crippen molar-refractivity contribution in [2.75, 3.05) is 12.3 Å². The van der Waals surface area contributed by atoms with E-state index >= 15 is 0 Å². The number of para-hydroxylation sites is 1. The molecule has 1 atom stereocenters. The van der Waals surface area contributed by atoms with Gasteiger partial charge in [-0.15, -0.1) is 0 Å². The number of hydrogen-bond donors (Lipinski definition) is 1. The van der Waals surface area contributed by atoms with Crippen LogP contribution in [0, 0.1) is 5.92 Å². The lowest BCUT2D eigenvalue weighted by atomic mass is 10.0. The first-order chi connectivity index (χ1) is 15.0. The van der Waals surface area contributed by atoms with E-state index in [2.05, 4.69) is 35.9 Å².